The van der Waals surface area contributed by atoms with Crippen LogP contribution in [-0.4, -0.2) is 19.8 Å². The zero-order valence-corrected chi connectivity index (χ0v) is 12.1. The number of rotatable bonds is 4. The second-order valence-electron chi connectivity index (χ2n) is 5.67. The van der Waals surface area contributed by atoms with Crippen LogP contribution in [0, 0.1) is 0 Å². The molecule has 2 nitrogen and oxygen atoms in total. The van der Waals surface area contributed by atoms with Gasteiger partial charge in [0.25, 0.3) is 0 Å². The summed E-state index contributed by atoms with van der Waals surface area (Å²) in [7, 11) is 2.04. The van der Waals surface area contributed by atoms with Gasteiger partial charge in [-0.2, -0.15) is 0 Å². The lowest BCUT2D eigenvalue weighted by atomic mass is 9.95. The first-order valence-corrected chi connectivity index (χ1v) is 7.64. The third-order valence-electron chi connectivity index (χ3n) is 4.30. The maximum atomic E-state index is 5.88. The maximum Gasteiger partial charge on any atom is 0.0593 e. The quantitative estimate of drug-likeness (QED) is 0.903. The molecule has 0 bridgehead atoms. The minimum atomic E-state index is 0.378. The molecule has 0 saturated carbocycles. The molecule has 2 heteroatoms. The number of hydrogen-bond donors (Lipinski definition) is 1. The summed E-state index contributed by atoms with van der Waals surface area (Å²) in [6, 6.07) is 15.7. The van der Waals surface area contributed by atoms with Gasteiger partial charge in [-0.3, -0.25) is 0 Å². The SMILES string of the molecule is CNC(CC1CCCCO1)c1ccc2ccccc2c1. The Kier molecular flexibility index (Phi) is 4.34. The molecule has 0 spiro atoms. The molecule has 1 N–H and O–H groups in total. The van der Waals surface area contributed by atoms with Gasteiger partial charge < -0.3 is 10.1 Å². The Morgan fingerprint density at radius 2 is 2.00 bits per heavy atom. The summed E-state index contributed by atoms with van der Waals surface area (Å²) in [5.41, 5.74) is 1.36. The van der Waals surface area contributed by atoms with E-state index in [1.54, 1.807) is 0 Å². The molecule has 0 radical (unpaired) electrons. The third-order valence-corrected chi connectivity index (χ3v) is 4.30. The Morgan fingerprint density at radius 1 is 1.15 bits per heavy atom. The molecule has 1 saturated heterocycles. The molecule has 2 aromatic carbocycles. The van der Waals surface area contributed by atoms with Crippen molar-refractivity contribution in [2.24, 2.45) is 0 Å². The molecule has 0 aliphatic carbocycles. The van der Waals surface area contributed by atoms with Crippen LogP contribution in [0.1, 0.15) is 37.3 Å². The fourth-order valence-corrected chi connectivity index (χ4v) is 3.10. The van der Waals surface area contributed by atoms with Gasteiger partial charge >= 0.3 is 0 Å². The Morgan fingerprint density at radius 3 is 2.75 bits per heavy atom. The van der Waals surface area contributed by atoms with Crippen LogP contribution >= 0.6 is 0 Å². The van der Waals surface area contributed by atoms with Crippen molar-refractivity contribution in [1.82, 2.24) is 5.32 Å². The van der Waals surface area contributed by atoms with Crippen molar-refractivity contribution in [2.75, 3.05) is 13.7 Å². The molecule has 106 valence electrons. The van der Waals surface area contributed by atoms with Gasteiger partial charge in [-0.15, -0.1) is 0 Å². The van der Waals surface area contributed by atoms with Crippen LogP contribution in [0.2, 0.25) is 0 Å². The van der Waals surface area contributed by atoms with Crippen molar-refractivity contribution in [1.29, 1.82) is 0 Å². The minimum absolute atomic E-state index is 0.378. The van der Waals surface area contributed by atoms with E-state index in [4.69, 9.17) is 4.74 Å². The summed E-state index contributed by atoms with van der Waals surface area (Å²) in [5, 5.41) is 6.07. The number of ether oxygens (including phenoxy) is 1. The van der Waals surface area contributed by atoms with Gasteiger partial charge in [0.05, 0.1) is 6.10 Å². The predicted molar refractivity (Wildman–Crippen MR) is 84.0 cm³/mol. The van der Waals surface area contributed by atoms with Crippen LogP contribution < -0.4 is 5.32 Å². The Labute approximate surface area is 121 Å². The zero-order chi connectivity index (χ0) is 13.8. The van der Waals surface area contributed by atoms with Gasteiger partial charge in [-0.1, -0.05) is 36.4 Å². The van der Waals surface area contributed by atoms with Crippen molar-refractivity contribution in [3.05, 3.63) is 48.0 Å². The summed E-state index contributed by atoms with van der Waals surface area (Å²) < 4.78 is 5.88. The molecular formula is C18H23NO. The highest BCUT2D eigenvalue weighted by molar-refractivity contribution is 5.83. The van der Waals surface area contributed by atoms with E-state index in [2.05, 4.69) is 47.8 Å². The van der Waals surface area contributed by atoms with E-state index in [9.17, 15) is 0 Å². The normalized spacial score (nSPS) is 20.9. The molecule has 1 aliphatic heterocycles. The first-order valence-electron chi connectivity index (χ1n) is 7.64. The number of benzene rings is 2. The van der Waals surface area contributed by atoms with Gasteiger partial charge in [0.2, 0.25) is 0 Å². The molecule has 0 amide bonds. The molecule has 2 aromatic rings. The van der Waals surface area contributed by atoms with E-state index >= 15 is 0 Å². The van der Waals surface area contributed by atoms with Crippen LogP contribution in [0.4, 0.5) is 0 Å². The van der Waals surface area contributed by atoms with Crippen molar-refractivity contribution in [3.63, 3.8) is 0 Å². The number of nitrogens with one attached hydrogen (secondary N) is 1. The van der Waals surface area contributed by atoms with E-state index in [-0.39, 0.29) is 0 Å². The summed E-state index contributed by atoms with van der Waals surface area (Å²) in [5.74, 6) is 0. The van der Waals surface area contributed by atoms with Crippen LogP contribution in [0.15, 0.2) is 42.5 Å². The fraction of sp³-hybridized carbons (Fsp3) is 0.444. The van der Waals surface area contributed by atoms with Gasteiger partial charge in [-0.05, 0) is 55.1 Å². The maximum absolute atomic E-state index is 5.88. The van der Waals surface area contributed by atoms with Crippen LogP contribution in [0.5, 0.6) is 0 Å². The van der Waals surface area contributed by atoms with Crippen LogP contribution in [-0.2, 0) is 4.74 Å². The van der Waals surface area contributed by atoms with Crippen LogP contribution in [0.3, 0.4) is 0 Å². The first kappa shape index (κ1) is 13.6. The summed E-state index contributed by atoms with van der Waals surface area (Å²) >= 11 is 0. The summed E-state index contributed by atoms with van der Waals surface area (Å²) in [6.07, 6.45) is 5.20. The third kappa shape index (κ3) is 3.02. The topological polar surface area (TPSA) is 21.3 Å². The van der Waals surface area contributed by atoms with Crippen molar-refractivity contribution in [3.8, 4) is 0 Å². The molecule has 1 aliphatic rings. The second-order valence-corrected chi connectivity index (χ2v) is 5.67. The Balaban J connectivity index is 1.79. The molecule has 1 heterocycles. The Hall–Kier alpha value is -1.38. The van der Waals surface area contributed by atoms with Crippen molar-refractivity contribution >= 4 is 10.8 Å². The van der Waals surface area contributed by atoms with E-state index in [0.29, 0.717) is 12.1 Å². The van der Waals surface area contributed by atoms with E-state index in [1.165, 1.54) is 35.6 Å². The summed E-state index contributed by atoms with van der Waals surface area (Å²) in [6.45, 7) is 0.929. The lowest BCUT2D eigenvalue weighted by Gasteiger charge is -2.27. The predicted octanol–water partition coefficient (Wildman–Crippen LogP) is 4.06. The van der Waals surface area contributed by atoms with Crippen molar-refractivity contribution < 1.29 is 4.74 Å². The highest BCUT2D eigenvalue weighted by Gasteiger charge is 2.19. The van der Waals surface area contributed by atoms with Gasteiger partial charge in [-0.25, -0.2) is 0 Å². The average molecular weight is 269 g/mol. The Bertz CT molecular complexity index is 560. The standard InChI is InChI=1S/C18H23NO/c1-19-18(13-17-8-4-5-11-20-17)16-10-9-14-6-2-3-7-15(14)12-16/h2-3,6-7,9-10,12,17-19H,4-5,8,11,13H2,1H3. The van der Waals surface area contributed by atoms with E-state index in [0.717, 1.165) is 13.0 Å². The number of fused-ring (bicyclic) bond motifs is 1. The number of hydrogen-bond acceptors (Lipinski definition) is 2. The second kappa shape index (κ2) is 6.38. The highest BCUT2D eigenvalue weighted by Crippen LogP contribution is 2.27. The minimum Gasteiger partial charge on any atom is -0.378 e. The molecule has 0 aromatic heterocycles. The molecular weight excluding hydrogens is 246 g/mol. The van der Waals surface area contributed by atoms with Gasteiger partial charge in [0.15, 0.2) is 0 Å². The molecule has 20 heavy (non-hydrogen) atoms. The fourth-order valence-electron chi connectivity index (χ4n) is 3.10. The van der Waals surface area contributed by atoms with Gasteiger partial charge in [0.1, 0.15) is 0 Å². The van der Waals surface area contributed by atoms with Crippen LogP contribution in [0.25, 0.3) is 10.8 Å². The largest absolute Gasteiger partial charge is 0.378 e. The first-order chi connectivity index (χ1) is 9.86. The lowest BCUT2D eigenvalue weighted by molar-refractivity contribution is 0.00549. The average Bonchev–Trinajstić information content (AvgIpc) is 2.53. The van der Waals surface area contributed by atoms with E-state index in [1.807, 2.05) is 7.05 Å². The smallest absolute Gasteiger partial charge is 0.0593 e. The molecule has 3 rings (SSSR count). The zero-order valence-electron chi connectivity index (χ0n) is 12.1. The molecule has 2 atom stereocenters. The highest BCUT2D eigenvalue weighted by atomic mass is 16.5. The molecule has 2 unspecified atom stereocenters. The lowest BCUT2D eigenvalue weighted by Crippen LogP contribution is -2.26. The summed E-state index contributed by atoms with van der Waals surface area (Å²) in [4.78, 5) is 0. The van der Waals surface area contributed by atoms with E-state index < -0.39 is 0 Å². The van der Waals surface area contributed by atoms with Gasteiger partial charge in [0, 0.05) is 12.6 Å². The molecule has 1 fully saturated rings. The van der Waals surface area contributed by atoms with Crippen molar-refractivity contribution in [2.45, 2.75) is 37.8 Å². The monoisotopic (exact) mass is 269 g/mol.